The summed E-state index contributed by atoms with van der Waals surface area (Å²) in [4.78, 5) is 10.2. The summed E-state index contributed by atoms with van der Waals surface area (Å²) in [6.07, 6.45) is 8.63. The fraction of sp³-hybridized carbons (Fsp3) is 0.214. The molecule has 1 rings (SSSR count). The number of carbonyl (C=O) groups is 1. The first-order valence-corrected chi connectivity index (χ1v) is 5.15. The highest BCUT2D eigenvalue weighted by molar-refractivity contribution is 5.65. The third kappa shape index (κ3) is 4.96. The first-order chi connectivity index (χ1) is 7.33. The van der Waals surface area contributed by atoms with E-state index in [0.29, 0.717) is 0 Å². The second kappa shape index (κ2) is 6.77. The van der Waals surface area contributed by atoms with Crippen LogP contribution in [0.3, 0.4) is 0 Å². The van der Waals surface area contributed by atoms with Gasteiger partial charge in [-0.3, -0.25) is 4.79 Å². The van der Waals surface area contributed by atoms with Crippen LogP contribution in [0.25, 0.3) is 6.08 Å². The van der Waals surface area contributed by atoms with Crippen molar-refractivity contribution in [2.75, 3.05) is 0 Å². The van der Waals surface area contributed by atoms with Crippen molar-refractivity contribution in [3.05, 3.63) is 53.6 Å². The Labute approximate surface area is 91.1 Å². The van der Waals surface area contributed by atoms with Gasteiger partial charge in [0.2, 0.25) is 0 Å². The number of carbonyl (C=O) groups excluding carboxylic acids is 1. The number of allylic oxidation sites excluding steroid dienone is 3. The monoisotopic (exact) mass is 200 g/mol. The average molecular weight is 200 g/mol. The summed E-state index contributed by atoms with van der Waals surface area (Å²) >= 11 is 0. The molecule has 0 saturated heterocycles. The molecule has 0 atom stereocenters. The van der Waals surface area contributed by atoms with E-state index in [1.165, 1.54) is 5.56 Å². The lowest BCUT2D eigenvalue weighted by molar-refractivity contribution is -0.104. The van der Waals surface area contributed by atoms with Gasteiger partial charge in [-0.15, -0.1) is 0 Å². The van der Waals surface area contributed by atoms with E-state index in [9.17, 15) is 4.79 Å². The van der Waals surface area contributed by atoms with Crippen LogP contribution in [0.2, 0.25) is 0 Å². The Hall–Kier alpha value is -1.63. The highest BCUT2D eigenvalue weighted by Crippen LogP contribution is 2.06. The molecule has 0 radical (unpaired) electrons. The minimum Gasteiger partial charge on any atom is -0.299 e. The third-order valence-electron chi connectivity index (χ3n) is 2.17. The predicted molar refractivity (Wildman–Crippen MR) is 64.5 cm³/mol. The summed E-state index contributed by atoms with van der Waals surface area (Å²) in [5.41, 5.74) is 2.34. The molecule has 1 heteroatoms. The van der Waals surface area contributed by atoms with Gasteiger partial charge >= 0.3 is 0 Å². The highest BCUT2D eigenvalue weighted by Gasteiger charge is 1.87. The zero-order chi connectivity index (χ0) is 10.9. The van der Waals surface area contributed by atoms with Gasteiger partial charge in [0, 0.05) is 0 Å². The molecule has 1 aromatic carbocycles. The van der Waals surface area contributed by atoms with Crippen LogP contribution in [-0.4, -0.2) is 6.29 Å². The Morgan fingerprint density at radius 1 is 1.27 bits per heavy atom. The van der Waals surface area contributed by atoms with Crippen molar-refractivity contribution in [2.24, 2.45) is 0 Å². The second-order valence-electron chi connectivity index (χ2n) is 3.50. The molecule has 0 heterocycles. The Kier molecular flexibility index (Phi) is 5.16. The van der Waals surface area contributed by atoms with Gasteiger partial charge in [-0.05, 0) is 31.4 Å². The van der Waals surface area contributed by atoms with Crippen LogP contribution in [0.1, 0.15) is 25.3 Å². The van der Waals surface area contributed by atoms with E-state index >= 15 is 0 Å². The molecule has 0 fully saturated rings. The van der Waals surface area contributed by atoms with Crippen LogP contribution >= 0.6 is 0 Å². The summed E-state index contributed by atoms with van der Waals surface area (Å²) in [6, 6.07) is 10.2. The van der Waals surface area contributed by atoms with Gasteiger partial charge in [0.15, 0.2) is 0 Å². The van der Waals surface area contributed by atoms with Gasteiger partial charge in [0.25, 0.3) is 0 Å². The minimum absolute atomic E-state index is 0.843. The van der Waals surface area contributed by atoms with Crippen LogP contribution in [0.15, 0.2) is 48.1 Å². The van der Waals surface area contributed by atoms with Crippen molar-refractivity contribution in [1.82, 2.24) is 0 Å². The molecule has 1 aromatic rings. The minimum atomic E-state index is 0.843. The first kappa shape index (κ1) is 11.4. The van der Waals surface area contributed by atoms with Gasteiger partial charge in [0.1, 0.15) is 6.29 Å². The standard InChI is InChI=1S/C14H16O/c1-13(11-12-15)7-5-6-10-14-8-3-2-4-9-14/h2-4,6,8-12H,5,7H2,1H3. The number of rotatable bonds is 5. The molecule has 0 saturated carbocycles. The number of hydrogen-bond acceptors (Lipinski definition) is 1. The van der Waals surface area contributed by atoms with Gasteiger partial charge in [-0.25, -0.2) is 0 Å². The normalized spacial score (nSPS) is 11.9. The molecule has 0 aliphatic rings. The molecular formula is C14H16O. The Morgan fingerprint density at radius 3 is 2.67 bits per heavy atom. The zero-order valence-corrected chi connectivity index (χ0v) is 9.02. The maximum atomic E-state index is 10.2. The highest BCUT2D eigenvalue weighted by atomic mass is 16.1. The molecular weight excluding hydrogens is 184 g/mol. The van der Waals surface area contributed by atoms with Crippen molar-refractivity contribution in [3.8, 4) is 0 Å². The maximum Gasteiger partial charge on any atom is 0.142 e. The lowest BCUT2D eigenvalue weighted by Crippen LogP contribution is -1.76. The molecule has 0 aromatic heterocycles. The van der Waals surface area contributed by atoms with E-state index in [-0.39, 0.29) is 0 Å². The molecule has 0 amide bonds. The second-order valence-corrected chi connectivity index (χ2v) is 3.50. The maximum absolute atomic E-state index is 10.2. The summed E-state index contributed by atoms with van der Waals surface area (Å²) in [5, 5.41) is 0. The first-order valence-electron chi connectivity index (χ1n) is 5.15. The van der Waals surface area contributed by atoms with Crippen LogP contribution in [0, 0.1) is 0 Å². The number of hydrogen-bond donors (Lipinski definition) is 0. The third-order valence-corrected chi connectivity index (χ3v) is 2.17. The summed E-state index contributed by atoms with van der Waals surface area (Å²) in [6.45, 7) is 1.98. The van der Waals surface area contributed by atoms with Crippen LogP contribution in [0.5, 0.6) is 0 Å². The Balaban J connectivity index is 2.35. The van der Waals surface area contributed by atoms with Gasteiger partial charge in [-0.2, -0.15) is 0 Å². The Bertz CT molecular complexity index is 347. The topological polar surface area (TPSA) is 17.1 Å². The van der Waals surface area contributed by atoms with Gasteiger partial charge < -0.3 is 0 Å². The fourth-order valence-electron chi connectivity index (χ4n) is 1.29. The lowest BCUT2D eigenvalue weighted by atomic mass is 10.1. The number of aldehydes is 1. The van der Waals surface area contributed by atoms with E-state index in [1.54, 1.807) is 6.08 Å². The van der Waals surface area contributed by atoms with Gasteiger partial charge in [0.05, 0.1) is 0 Å². The average Bonchev–Trinajstić information content (AvgIpc) is 2.26. The van der Waals surface area contributed by atoms with E-state index < -0.39 is 0 Å². The Morgan fingerprint density at radius 2 is 2.00 bits per heavy atom. The summed E-state index contributed by atoms with van der Waals surface area (Å²) in [7, 11) is 0. The van der Waals surface area contributed by atoms with E-state index in [0.717, 1.165) is 24.7 Å². The van der Waals surface area contributed by atoms with Crippen molar-refractivity contribution >= 4 is 12.4 Å². The van der Waals surface area contributed by atoms with Crippen molar-refractivity contribution in [1.29, 1.82) is 0 Å². The largest absolute Gasteiger partial charge is 0.299 e. The molecule has 0 aliphatic heterocycles. The molecule has 0 aliphatic carbocycles. The molecule has 78 valence electrons. The van der Waals surface area contributed by atoms with Crippen LogP contribution < -0.4 is 0 Å². The van der Waals surface area contributed by atoms with E-state index in [1.807, 2.05) is 25.1 Å². The SMILES string of the molecule is CC(=CC=O)CCC=Cc1ccccc1. The van der Waals surface area contributed by atoms with Crippen LogP contribution in [0.4, 0.5) is 0 Å². The van der Waals surface area contributed by atoms with E-state index in [4.69, 9.17) is 0 Å². The number of benzene rings is 1. The molecule has 15 heavy (non-hydrogen) atoms. The summed E-state index contributed by atoms with van der Waals surface area (Å²) in [5.74, 6) is 0. The lowest BCUT2D eigenvalue weighted by Gasteiger charge is -1.95. The smallest absolute Gasteiger partial charge is 0.142 e. The van der Waals surface area contributed by atoms with Crippen molar-refractivity contribution in [2.45, 2.75) is 19.8 Å². The van der Waals surface area contributed by atoms with Crippen molar-refractivity contribution < 1.29 is 4.79 Å². The molecule has 1 nitrogen and oxygen atoms in total. The van der Waals surface area contributed by atoms with Crippen molar-refractivity contribution in [3.63, 3.8) is 0 Å². The van der Waals surface area contributed by atoms with E-state index in [2.05, 4.69) is 24.3 Å². The molecule has 0 bridgehead atoms. The summed E-state index contributed by atoms with van der Waals surface area (Å²) < 4.78 is 0. The van der Waals surface area contributed by atoms with Gasteiger partial charge in [-0.1, -0.05) is 48.1 Å². The van der Waals surface area contributed by atoms with Crippen LogP contribution in [-0.2, 0) is 4.79 Å². The fourth-order valence-corrected chi connectivity index (χ4v) is 1.29. The quantitative estimate of drug-likeness (QED) is 0.524. The molecule has 0 spiro atoms. The predicted octanol–water partition coefficient (Wildman–Crippen LogP) is 3.63. The molecule has 0 unspecified atom stereocenters. The zero-order valence-electron chi connectivity index (χ0n) is 9.02. The molecule has 0 N–H and O–H groups in total.